The van der Waals surface area contributed by atoms with Crippen molar-refractivity contribution in [2.45, 2.75) is 25.0 Å². The van der Waals surface area contributed by atoms with E-state index in [4.69, 9.17) is 4.74 Å². The molecule has 3 aliphatic heterocycles. The molecule has 5 atom stereocenters. The van der Waals surface area contributed by atoms with Gasteiger partial charge in [0.25, 0.3) is 5.56 Å². The number of benzene rings is 1. The number of ether oxygens (including phenoxy) is 1. The van der Waals surface area contributed by atoms with Crippen molar-refractivity contribution in [2.24, 2.45) is 11.8 Å². The summed E-state index contributed by atoms with van der Waals surface area (Å²) in [4.78, 5) is 16.8. The quantitative estimate of drug-likeness (QED) is 0.504. The maximum atomic E-state index is 12.2. The second-order valence-electron chi connectivity index (χ2n) is 7.61. The van der Waals surface area contributed by atoms with E-state index in [1.54, 1.807) is 0 Å². The maximum absolute atomic E-state index is 12.2. The maximum Gasteiger partial charge on any atom is 0.290 e. The lowest BCUT2D eigenvalue weighted by Crippen LogP contribution is -2.54. The van der Waals surface area contributed by atoms with Crippen LogP contribution in [0.3, 0.4) is 0 Å². The molecule has 2 unspecified atom stereocenters. The van der Waals surface area contributed by atoms with Crippen LogP contribution >= 0.6 is 0 Å². The van der Waals surface area contributed by atoms with Gasteiger partial charge in [0.15, 0.2) is 17.2 Å². The van der Waals surface area contributed by atoms with Gasteiger partial charge in [0.05, 0.1) is 24.1 Å². The third-order valence-corrected chi connectivity index (χ3v) is 6.24. The second-order valence-corrected chi connectivity index (χ2v) is 7.61. The topological polar surface area (TPSA) is 126 Å². The normalized spacial score (nSPS) is 27.6. The van der Waals surface area contributed by atoms with Crippen molar-refractivity contribution >= 4 is 10.9 Å². The number of hydrogen-bond donors (Lipinski definition) is 5. The Labute approximate surface area is 161 Å². The van der Waals surface area contributed by atoms with Crippen LogP contribution in [0, 0.1) is 11.8 Å². The highest BCUT2D eigenvalue weighted by Crippen LogP contribution is 2.48. The van der Waals surface area contributed by atoms with E-state index < -0.39 is 23.2 Å². The van der Waals surface area contributed by atoms with Gasteiger partial charge in [0.2, 0.25) is 5.75 Å². The zero-order valence-corrected chi connectivity index (χ0v) is 15.6. The number of aliphatic hydroxyl groups is 1. The lowest BCUT2D eigenvalue weighted by atomic mass is 9.73. The van der Waals surface area contributed by atoms with Crippen LogP contribution in [0.2, 0.25) is 0 Å². The van der Waals surface area contributed by atoms with E-state index in [1.165, 1.54) is 13.2 Å². The van der Waals surface area contributed by atoms with E-state index in [9.17, 15) is 25.2 Å². The number of hydrogen-bond acceptors (Lipinski definition) is 7. The molecule has 3 fully saturated rings. The molecule has 8 heteroatoms. The van der Waals surface area contributed by atoms with Gasteiger partial charge in [0.1, 0.15) is 0 Å². The monoisotopic (exact) mass is 388 g/mol. The van der Waals surface area contributed by atoms with Gasteiger partial charge in [-0.1, -0.05) is 6.08 Å². The van der Waals surface area contributed by atoms with Crippen LogP contribution in [0.5, 0.6) is 23.0 Å². The van der Waals surface area contributed by atoms with Gasteiger partial charge in [-0.2, -0.15) is 0 Å². The van der Waals surface area contributed by atoms with Crippen LogP contribution in [-0.4, -0.2) is 56.6 Å². The van der Waals surface area contributed by atoms with Crippen LogP contribution in [0.4, 0.5) is 0 Å². The van der Waals surface area contributed by atoms with Crippen molar-refractivity contribution in [3.8, 4) is 23.0 Å². The minimum atomic E-state index is -1.20. The number of nitrogens with zero attached hydrogens (tertiary/aromatic N) is 1. The summed E-state index contributed by atoms with van der Waals surface area (Å²) < 4.78 is 5.04. The first-order chi connectivity index (χ1) is 13.4. The number of nitrogens with one attached hydrogen (secondary N) is 1. The Morgan fingerprint density at radius 1 is 1.36 bits per heavy atom. The standard InChI is InChI=1S/C20H24N2O6/c1-3-9-8-22-5-4-10(9)6-12(22)16(24)15-14-11(21-20(27)18(15)26)7-13(23)19(28-2)17(14)25/h3,7,9-10,12,16,23-26H,1,4-6,8H2,2H3,(H,21,27)/t9-,10?,12-,16-/m0/s1. The number of aromatic nitrogens is 1. The summed E-state index contributed by atoms with van der Waals surface area (Å²) in [6.07, 6.45) is 2.45. The SMILES string of the molecule is C=C[C@H]1CN2CCC1C[C@H]2[C@H](O)c1c(O)c(=O)[nH]c2cc(O)c(OC)c(O)c12. The number of aromatic hydroxyl groups is 3. The fourth-order valence-corrected chi connectivity index (χ4v) is 4.82. The highest BCUT2D eigenvalue weighted by atomic mass is 16.5. The van der Waals surface area contributed by atoms with Crippen molar-refractivity contribution in [2.75, 3.05) is 20.2 Å². The molecule has 3 saturated heterocycles. The van der Waals surface area contributed by atoms with Crippen LogP contribution in [0.15, 0.2) is 23.5 Å². The van der Waals surface area contributed by atoms with Gasteiger partial charge in [0, 0.05) is 24.2 Å². The van der Waals surface area contributed by atoms with Crippen LogP contribution in [0.25, 0.3) is 10.9 Å². The van der Waals surface area contributed by atoms with Gasteiger partial charge < -0.3 is 30.1 Å². The van der Waals surface area contributed by atoms with E-state index in [0.29, 0.717) is 18.3 Å². The van der Waals surface area contributed by atoms with Gasteiger partial charge in [-0.15, -0.1) is 6.58 Å². The summed E-state index contributed by atoms with van der Waals surface area (Å²) in [6, 6.07) is 0.927. The summed E-state index contributed by atoms with van der Waals surface area (Å²) in [5, 5.41) is 42.4. The Morgan fingerprint density at radius 3 is 2.71 bits per heavy atom. The molecule has 4 heterocycles. The lowest BCUT2D eigenvalue weighted by molar-refractivity contribution is -0.0451. The summed E-state index contributed by atoms with van der Waals surface area (Å²) in [5.74, 6) is -0.908. The molecule has 3 aliphatic rings. The summed E-state index contributed by atoms with van der Waals surface area (Å²) in [5.41, 5.74) is -0.750. The number of phenols is 2. The highest BCUT2D eigenvalue weighted by Gasteiger charge is 2.43. The van der Waals surface area contributed by atoms with Crippen LogP contribution in [-0.2, 0) is 0 Å². The average Bonchev–Trinajstić information content (AvgIpc) is 2.69. The summed E-state index contributed by atoms with van der Waals surface area (Å²) in [7, 11) is 1.28. The molecule has 0 amide bonds. The number of piperidine rings is 3. The van der Waals surface area contributed by atoms with Crippen LogP contribution < -0.4 is 10.3 Å². The summed E-state index contributed by atoms with van der Waals surface area (Å²) in [6.45, 7) is 5.46. The second kappa shape index (κ2) is 6.72. The van der Waals surface area contributed by atoms with Crippen molar-refractivity contribution in [1.29, 1.82) is 0 Å². The van der Waals surface area contributed by atoms with E-state index >= 15 is 0 Å². The Bertz CT molecular complexity index is 1000. The van der Waals surface area contributed by atoms with Crippen molar-refractivity contribution in [1.82, 2.24) is 9.88 Å². The summed E-state index contributed by atoms with van der Waals surface area (Å²) >= 11 is 0. The predicted molar refractivity (Wildman–Crippen MR) is 103 cm³/mol. The zero-order chi connectivity index (χ0) is 20.2. The molecule has 5 N–H and O–H groups in total. The van der Waals surface area contributed by atoms with Gasteiger partial charge in [-0.25, -0.2) is 0 Å². The van der Waals surface area contributed by atoms with Gasteiger partial charge >= 0.3 is 0 Å². The van der Waals surface area contributed by atoms with Crippen LogP contribution in [0.1, 0.15) is 24.5 Å². The fraction of sp³-hybridized carbons (Fsp3) is 0.450. The Balaban J connectivity index is 1.87. The number of H-pyrrole nitrogens is 1. The predicted octanol–water partition coefficient (Wildman–Crippen LogP) is 1.58. The van der Waals surface area contributed by atoms with Crippen molar-refractivity contribution in [3.63, 3.8) is 0 Å². The molecule has 2 aromatic rings. The Kier molecular flexibility index (Phi) is 4.47. The zero-order valence-electron chi connectivity index (χ0n) is 15.6. The Hall–Kier alpha value is -2.71. The van der Waals surface area contributed by atoms with Gasteiger partial charge in [-0.3, -0.25) is 9.69 Å². The number of fused-ring (bicyclic) bond motifs is 4. The number of pyridine rings is 1. The minimum absolute atomic E-state index is 0.0535. The molecule has 0 radical (unpaired) electrons. The molecule has 0 aliphatic carbocycles. The fourth-order valence-electron chi connectivity index (χ4n) is 4.82. The largest absolute Gasteiger partial charge is 0.504 e. The molecular weight excluding hydrogens is 364 g/mol. The number of aromatic amines is 1. The van der Waals surface area contributed by atoms with E-state index in [-0.39, 0.29) is 34.0 Å². The molecule has 2 bridgehead atoms. The number of rotatable bonds is 4. The third kappa shape index (κ3) is 2.63. The number of methoxy groups -OCH3 is 1. The molecule has 1 aromatic carbocycles. The van der Waals surface area contributed by atoms with E-state index in [2.05, 4.69) is 16.5 Å². The molecule has 28 heavy (non-hydrogen) atoms. The lowest BCUT2D eigenvalue weighted by Gasteiger charge is -2.50. The molecule has 1 aromatic heterocycles. The first-order valence-electron chi connectivity index (χ1n) is 9.29. The van der Waals surface area contributed by atoms with Gasteiger partial charge in [-0.05, 0) is 31.2 Å². The number of phenolic OH excluding ortho intramolecular Hbond substituents is 2. The van der Waals surface area contributed by atoms with E-state index in [0.717, 1.165) is 19.5 Å². The minimum Gasteiger partial charge on any atom is -0.504 e. The first-order valence-corrected chi connectivity index (χ1v) is 9.29. The average molecular weight is 388 g/mol. The first kappa shape index (κ1) is 18.6. The molecule has 150 valence electrons. The molecule has 8 nitrogen and oxygen atoms in total. The number of aliphatic hydroxyl groups excluding tert-OH is 1. The molecule has 0 saturated carbocycles. The third-order valence-electron chi connectivity index (χ3n) is 6.24. The van der Waals surface area contributed by atoms with E-state index in [1.807, 2.05) is 6.08 Å². The molecular formula is C20H24N2O6. The smallest absolute Gasteiger partial charge is 0.290 e. The van der Waals surface area contributed by atoms with Crippen molar-refractivity contribution in [3.05, 3.63) is 34.6 Å². The van der Waals surface area contributed by atoms with Crippen molar-refractivity contribution < 1.29 is 25.2 Å². The molecule has 5 rings (SSSR count). The Morgan fingerprint density at radius 2 is 2.11 bits per heavy atom. The highest BCUT2D eigenvalue weighted by molar-refractivity contribution is 5.94. The molecule has 0 spiro atoms.